The maximum absolute atomic E-state index is 13.2. The molecule has 2 N–H and O–H groups in total. The molecule has 100 valence electrons. The van der Waals surface area contributed by atoms with E-state index in [1.54, 1.807) is 6.07 Å². The average Bonchev–Trinajstić information content (AvgIpc) is 2.29. The van der Waals surface area contributed by atoms with E-state index in [4.69, 9.17) is 0 Å². The van der Waals surface area contributed by atoms with Crippen molar-refractivity contribution in [2.75, 3.05) is 26.0 Å². The predicted octanol–water partition coefficient (Wildman–Crippen LogP) is 0.160. The molecule has 0 spiro atoms. The van der Waals surface area contributed by atoms with Crippen molar-refractivity contribution in [2.45, 2.75) is 0 Å². The van der Waals surface area contributed by atoms with Gasteiger partial charge in [0.15, 0.2) is 0 Å². The summed E-state index contributed by atoms with van der Waals surface area (Å²) in [6.45, 7) is -0.463. The summed E-state index contributed by atoms with van der Waals surface area (Å²) in [5.74, 6) is -1.23. The van der Waals surface area contributed by atoms with Crippen molar-refractivity contribution >= 4 is 21.8 Å². The fourth-order valence-corrected chi connectivity index (χ4v) is 1.61. The molecule has 0 radical (unpaired) electrons. The Labute approximate surface area is 105 Å². The molecule has 0 bridgehead atoms. The Morgan fingerprint density at radius 2 is 1.94 bits per heavy atom. The van der Waals surface area contributed by atoms with Gasteiger partial charge in [0.05, 0.1) is 12.2 Å². The monoisotopic (exact) mass is 275 g/mol. The SMILES string of the molecule is CN(C)S(=O)(=O)NCC(=O)Nc1ccccc1F. The van der Waals surface area contributed by atoms with Crippen LogP contribution in [0.3, 0.4) is 0 Å². The van der Waals surface area contributed by atoms with Crippen molar-refractivity contribution in [3.63, 3.8) is 0 Å². The Morgan fingerprint density at radius 3 is 2.50 bits per heavy atom. The normalized spacial score (nSPS) is 11.6. The molecule has 0 aromatic heterocycles. The number of para-hydroxylation sites is 1. The standard InChI is InChI=1S/C10H14FN3O3S/c1-14(2)18(16,17)12-7-10(15)13-9-6-4-3-5-8(9)11/h3-6,12H,7H2,1-2H3,(H,13,15). The van der Waals surface area contributed by atoms with Crippen LogP contribution >= 0.6 is 0 Å². The van der Waals surface area contributed by atoms with E-state index in [2.05, 4.69) is 10.0 Å². The van der Waals surface area contributed by atoms with E-state index in [-0.39, 0.29) is 5.69 Å². The number of nitrogens with zero attached hydrogens (tertiary/aromatic N) is 1. The van der Waals surface area contributed by atoms with Gasteiger partial charge < -0.3 is 5.32 Å². The first-order chi connectivity index (χ1) is 8.33. The van der Waals surface area contributed by atoms with Crippen LogP contribution in [0.25, 0.3) is 0 Å². The van der Waals surface area contributed by atoms with Gasteiger partial charge in [0.1, 0.15) is 5.82 Å². The number of carbonyl (C=O) groups excluding carboxylic acids is 1. The molecule has 0 saturated carbocycles. The summed E-state index contributed by atoms with van der Waals surface area (Å²) in [6.07, 6.45) is 0. The third-order valence-corrected chi connectivity index (χ3v) is 3.51. The average molecular weight is 275 g/mol. The molecule has 0 fully saturated rings. The molecule has 0 saturated heterocycles. The van der Waals surface area contributed by atoms with Gasteiger partial charge in [0, 0.05) is 14.1 Å². The zero-order valence-corrected chi connectivity index (χ0v) is 10.8. The molecule has 1 amide bonds. The van der Waals surface area contributed by atoms with Crippen LogP contribution in [0.5, 0.6) is 0 Å². The molecule has 6 nitrogen and oxygen atoms in total. The van der Waals surface area contributed by atoms with Crippen LogP contribution in [-0.2, 0) is 15.0 Å². The summed E-state index contributed by atoms with van der Waals surface area (Å²) < 4.78 is 38.8. The second kappa shape index (κ2) is 5.89. The van der Waals surface area contributed by atoms with Gasteiger partial charge in [0.25, 0.3) is 10.2 Å². The van der Waals surface area contributed by atoms with Crippen LogP contribution in [0, 0.1) is 5.82 Å². The maximum Gasteiger partial charge on any atom is 0.279 e. The number of amides is 1. The lowest BCUT2D eigenvalue weighted by Gasteiger charge is -2.12. The fraction of sp³-hybridized carbons (Fsp3) is 0.300. The van der Waals surface area contributed by atoms with Crippen LogP contribution in [-0.4, -0.2) is 39.3 Å². The molecule has 1 aromatic carbocycles. The third kappa shape index (κ3) is 4.06. The Balaban J connectivity index is 2.56. The quantitative estimate of drug-likeness (QED) is 0.803. The summed E-state index contributed by atoms with van der Waals surface area (Å²) in [7, 11) is -1.01. The van der Waals surface area contributed by atoms with Crippen molar-refractivity contribution in [1.29, 1.82) is 0 Å². The molecule has 0 aliphatic carbocycles. The highest BCUT2D eigenvalue weighted by atomic mass is 32.2. The predicted molar refractivity (Wildman–Crippen MR) is 65.6 cm³/mol. The summed E-state index contributed by atoms with van der Waals surface area (Å²) in [5, 5.41) is 2.26. The second-order valence-electron chi connectivity index (χ2n) is 3.64. The highest BCUT2D eigenvalue weighted by molar-refractivity contribution is 7.87. The van der Waals surface area contributed by atoms with Gasteiger partial charge >= 0.3 is 0 Å². The first-order valence-corrected chi connectivity index (χ1v) is 6.48. The Bertz CT molecular complexity index is 531. The molecule has 0 atom stereocenters. The Morgan fingerprint density at radius 1 is 1.33 bits per heavy atom. The number of anilines is 1. The number of halogens is 1. The van der Waals surface area contributed by atoms with E-state index < -0.39 is 28.5 Å². The van der Waals surface area contributed by atoms with Crippen LogP contribution in [0.1, 0.15) is 0 Å². The highest BCUT2D eigenvalue weighted by Gasteiger charge is 2.15. The Hall–Kier alpha value is -1.51. The van der Waals surface area contributed by atoms with Crippen molar-refractivity contribution in [3.05, 3.63) is 30.1 Å². The topological polar surface area (TPSA) is 78.5 Å². The fourth-order valence-electron chi connectivity index (χ4n) is 1.04. The van der Waals surface area contributed by atoms with E-state index in [1.165, 1.54) is 32.3 Å². The van der Waals surface area contributed by atoms with Gasteiger partial charge in [-0.3, -0.25) is 4.79 Å². The first-order valence-electron chi connectivity index (χ1n) is 5.04. The number of rotatable bonds is 5. The third-order valence-electron chi connectivity index (χ3n) is 2.04. The molecule has 1 rings (SSSR count). The summed E-state index contributed by atoms with van der Waals surface area (Å²) >= 11 is 0. The molecule has 18 heavy (non-hydrogen) atoms. The van der Waals surface area contributed by atoms with Gasteiger partial charge in [-0.05, 0) is 12.1 Å². The zero-order valence-electron chi connectivity index (χ0n) is 9.97. The van der Waals surface area contributed by atoms with E-state index >= 15 is 0 Å². The highest BCUT2D eigenvalue weighted by Crippen LogP contribution is 2.11. The summed E-state index contributed by atoms with van der Waals surface area (Å²) in [6, 6.07) is 5.62. The summed E-state index contributed by atoms with van der Waals surface area (Å²) in [5.41, 5.74) is 0.00607. The summed E-state index contributed by atoms with van der Waals surface area (Å²) in [4.78, 5) is 11.4. The van der Waals surface area contributed by atoms with Gasteiger partial charge in [-0.25, -0.2) is 4.39 Å². The number of hydrogen-bond acceptors (Lipinski definition) is 3. The van der Waals surface area contributed by atoms with Crippen LogP contribution in [0.4, 0.5) is 10.1 Å². The Kier molecular flexibility index (Phi) is 4.76. The molecular weight excluding hydrogens is 261 g/mol. The molecule has 0 heterocycles. The van der Waals surface area contributed by atoms with Crippen molar-refractivity contribution in [2.24, 2.45) is 0 Å². The number of nitrogens with one attached hydrogen (secondary N) is 2. The van der Waals surface area contributed by atoms with Crippen LogP contribution in [0.15, 0.2) is 24.3 Å². The lowest BCUT2D eigenvalue weighted by molar-refractivity contribution is -0.115. The largest absolute Gasteiger partial charge is 0.322 e. The lowest BCUT2D eigenvalue weighted by Crippen LogP contribution is -2.40. The molecular formula is C10H14FN3O3S. The van der Waals surface area contributed by atoms with E-state index in [9.17, 15) is 17.6 Å². The van der Waals surface area contributed by atoms with E-state index in [0.29, 0.717) is 0 Å². The van der Waals surface area contributed by atoms with Crippen LogP contribution in [0.2, 0.25) is 0 Å². The van der Waals surface area contributed by atoms with Gasteiger partial charge in [0.2, 0.25) is 5.91 Å². The molecule has 1 aromatic rings. The van der Waals surface area contributed by atoms with Crippen molar-refractivity contribution < 1.29 is 17.6 Å². The zero-order chi connectivity index (χ0) is 13.8. The van der Waals surface area contributed by atoms with Crippen molar-refractivity contribution in [1.82, 2.24) is 9.03 Å². The minimum absolute atomic E-state index is 0.00607. The number of benzene rings is 1. The number of hydrogen-bond donors (Lipinski definition) is 2. The van der Waals surface area contributed by atoms with Crippen molar-refractivity contribution in [3.8, 4) is 0 Å². The maximum atomic E-state index is 13.2. The molecule has 8 heteroatoms. The van der Waals surface area contributed by atoms with E-state index in [1.807, 2.05) is 0 Å². The minimum atomic E-state index is -3.67. The van der Waals surface area contributed by atoms with Gasteiger partial charge in [-0.1, -0.05) is 12.1 Å². The smallest absolute Gasteiger partial charge is 0.279 e. The molecule has 0 unspecified atom stereocenters. The number of carbonyl (C=O) groups is 1. The first kappa shape index (κ1) is 14.6. The van der Waals surface area contributed by atoms with Gasteiger partial charge in [-0.15, -0.1) is 0 Å². The van der Waals surface area contributed by atoms with Crippen LogP contribution < -0.4 is 10.0 Å². The van der Waals surface area contributed by atoms with Gasteiger partial charge in [-0.2, -0.15) is 17.4 Å². The minimum Gasteiger partial charge on any atom is -0.322 e. The lowest BCUT2D eigenvalue weighted by atomic mass is 10.3. The molecule has 0 aliphatic rings. The molecule has 0 aliphatic heterocycles. The van der Waals surface area contributed by atoms with E-state index in [0.717, 1.165) is 4.31 Å². The second-order valence-corrected chi connectivity index (χ2v) is 5.61.